The second-order valence-electron chi connectivity index (χ2n) is 5.77. The highest BCUT2D eigenvalue weighted by Gasteiger charge is 2.13. The molecule has 0 aliphatic heterocycles. The average molecular weight is 288 g/mol. The quantitative estimate of drug-likeness (QED) is 0.870. The molecule has 0 radical (unpaired) electrons. The zero-order chi connectivity index (χ0) is 14.7. The van der Waals surface area contributed by atoms with E-state index in [0.717, 1.165) is 17.1 Å². The summed E-state index contributed by atoms with van der Waals surface area (Å²) in [6, 6.07) is 9.22. The summed E-state index contributed by atoms with van der Waals surface area (Å²) < 4.78 is 0. The zero-order valence-electron chi connectivity index (χ0n) is 13.0. The summed E-state index contributed by atoms with van der Waals surface area (Å²) in [5.74, 6) is 0.700. The number of nitrogens with zero attached hydrogens (tertiary/aromatic N) is 1. The molecule has 1 heterocycles. The first kappa shape index (κ1) is 15.2. The summed E-state index contributed by atoms with van der Waals surface area (Å²) in [7, 11) is 1.99. The van der Waals surface area contributed by atoms with E-state index in [-0.39, 0.29) is 0 Å². The van der Waals surface area contributed by atoms with Gasteiger partial charge in [-0.1, -0.05) is 38.1 Å². The molecule has 1 atom stereocenters. The first-order chi connectivity index (χ1) is 9.51. The van der Waals surface area contributed by atoms with E-state index in [1.807, 2.05) is 7.05 Å². The van der Waals surface area contributed by atoms with E-state index < -0.39 is 0 Å². The fraction of sp³-hybridized carbons (Fsp3) is 0.471. The van der Waals surface area contributed by atoms with Gasteiger partial charge in [-0.25, -0.2) is 4.98 Å². The van der Waals surface area contributed by atoms with Gasteiger partial charge in [-0.3, -0.25) is 0 Å². The molecule has 2 nitrogen and oxygen atoms in total. The molecule has 20 heavy (non-hydrogen) atoms. The van der Waals surface area contributed by atoms with Gasteiger partial charge in [0.15, 0.2) is 0 Å². The molecule has 2 rings (SSSR count). The van der Waals surface area contributed by atoms with E-state index in [0.29, 0.717) is 12.0 Å². The lowest BCUT2D eigenvalue weighted by Gasteiger charge is -2.07. The molecule has 3 heteroatoms. The van der Waals surface area contributed by atoms with Gasteiger partial charge in [0.25, 0.3) is 0 Å². The van der Waals surface area contributed by atoms with Gasteiger partial charge in [-0.05, 0) is 38.8 Å². The Kier molecular flexibility index (Phi) is 4.95. The molecule has 0 amide bonds. The minimum absolute atomic E-state index is 0.362. The standard InChI is InChI=1S/C17H24N2S/c1-11(2)10-14-6-8-15(9-7-14)17-19-13(4)16(20-17)12(3)18-5/h6-9,11-12,18H,10H2,1-5H3. The van der Waals surface area contributed by atoms with Crippen molar-refractivity contribution in [3.05, 3.63) is 40.4 Å². The van der Waals surface area contributed by atoms with Gasteiger partial charge in [0.1, 0.15) is 5.01 Å². The highest BCUT2D eigenvalue weighted by molar-refractivity contribution is 7.15. The molecule has 108 valence electrons. The Balaban J connectivity index is 2.23. The summed E-state index contributed by atoms with van der Waals surface area (Å²) in [5.41, 5.74) is 3.76. The van der Waals surface area contributed by atoms with Crippen molar-refractivity contribution in [1.82, 2.24) is 10.3 Å². The minimum Gasteiger partial charge on any atom is -0.312 e. The van der Waals surface area contributed by atoms with Crippen molar-refractivity contribution in [1.29, 1.82) is 0 Å². The molecule has 1 N–H and O–H groups in total. The third kappa shape index (κ3) is 3.47. The highest BCUT2D eigenvalue weighted by atomic mass is 32.1. The molecule has 1 aromatic heterocycles. The van der Waals surface area contributed by atoms with Crippen LogP contribution in [0.25, 0.3) is 10.6 Å². The maximum atomic E-state index is 4.72. The first-order valence-electron chi connectivity index (χ1n) is 7.25. The van der Waals surface area contributed by atoms with Crippen LogP contribution in [-0.2, 0) is 6.42 Å². The summed E-state index contributed by atoms with van der Waals surface area (Å²) in [5, 5.41) is 4.41. The van der Waals surface area contributed by atoms with Crippen LogP contribution >= 0.6 is 11.3 Å². The number of hydrogen-bond acceptors (Lipinski definition) is 3. The first-order valence-corrected chi connectivity index (χ1v) is 8.06. The number of benzene rings is 1. The molecule has 0 saturated carbocycles. The van der Waals surface area contributed by atoms with Crippen LogP contribution in [0.15, 0.2) is 24.3 Å². The Morgan fingerprint density at radius 1 is 1.15 bits per heavy atom. The van der Waals surface area contributed by atoms with E-state index in [9.17, 15) is 0 Å². The minimum atomic E-state index is 0.362. The molecule has 2 aromatic rings. The van der Waals surface area contributed by atoms with E-state index in [1.165, 1.54) is 16.0 Å². The van der Waals surface area contributed by atoms with Crippen molar-refractivity contribution in [3.63, 3.8) is 0 Å². The number of hydrogen-bond donors (Lipinski definition) is 1. The number of aromatic nitrogens is 1. The van der Waals surface area contributed by atoms with Crippen LogP contribution in [0, 0.1) is 12.8 Å². The van der Waals surface area contributed by atoms with Gasteiger partial charge in [0.05, 0.1) is 5.69 Å². The summed E-state index contributed by atoms with van der Waals surface area (Å²) >= 11 is 1.79. The Morgan fingerprint density at radius 3 is 2.35 bits per heavy atom. The van der Waals surface area contributed by atoms with E-state index in [1.54, 1.807) is 11.3 Å². The van der Waals surface area contributed by atoms with Gasteiger partial charge in [0, 0.05) is 16.5 Å². The van der Waals surface area contributed by atoms with Crippen LogP contribution in [0.5, 0.6) is 0 Å². The number of nitrogens with one attached hydrogen (secondary N) is 1. The van der Waals surface area contributed by atoms with Crippen LogP contribution in [-0.4, -0.2) is 12.0 Å². The normalized spacial score (nSPS) is 12.9. The van der Waals surface area contributed by atoms with Crippen LogP contribution in [0.2, 0.25) is 0 Å². The molecule has 1 unspecified atom stereocenters. The Morgan fingerprint density at radius 2 is 1.80 bits per heavy atom. The lowest BCUT2D eigenvalue weighted by atomic mass is 10.0. The maximum Gasteiger partial charge on any atom is 0.123 e. The van der Waals surface area contributed by atoms with Gasteiger partial charge < -0.3 is 5.32 Å². The smallest absolute Gasteiger partial charge is 0.123 e. The fourth-order valence-corrected chi connectivity index (χ4v) is 3.45. The third-order valence-electron chi connectivity index (χ3n) is 3.50. The molecule has 0 aliphatic carbocycles. The number of thiazole rings is 1. The van der Waals surface area contributed by atoms with Gasteiger partial charge in [-0.2, -0.15) is 0 Å². The third-order valence-corrected chi connectivity index (χ3v) is 4.89. The molecule has 0 spiro atoms. The second-order valence-corrected chi connectivity index (χ2v) is 6.80. The number of rotatable bonds is 5. The summed E-state index contributed by atoms with van der Waals surface area (Å²) in [6.45, 7) is 8.78. The maximum absolute atomic E-state index is 4.72. The molecule has 0 saturated heterocycles. The Labute approximate surface area is 126 Å². The topological polar surface area (TPSA) is 24.9 Å². The van der Waals surface area contributed by atoms with E-state index in [2.05, 4.69) is 57.3 Å². The van der Waals surface area contributed by atoms with Gasteiger partial charge in [-0.15, -0.1) is 11.3 Å². The van der Waals surface area contributed by atoms with Gasteiger partial charge >= 0.3 is 0 Å². The van der Waals surface area contributed by atoms with Crippen LogP contribution in [0.3, 0.4) is 0 Å². The number of aryl methyl sites for hydroxylation is 1. The largest absolute Gasteiger partial charge is 0.312 e. The predicted molar refractivity (Wildman–Crippen MR) is 88.3 cm³/mol. The SMILES string of the molecule is CNC(C)c1sc(-c2ccc(CC(C)C)cc2)nc1C. The van der Waals surface area contributed by atoms with E-state index >= 15 is 0 Å². The van der Waals surface area contributed by atoms with Crippen molar-refractivity contribution in [3.8, 4) is 10.6 Å². The molecular formula is C17H24N2S. The van der Waals surface area contributed by atoms with E-state index in [4.69, 9.17) is 4.98 Å². The lowest BCUT2D eigenvalue weighted by Crippen LogP contribution is -2.11. The Bertz CT molecular complexity index is 555. The molecule has 0 fully saturated rings. The van der Waals surface area contributed by atoms with Crippen LogP contribution in [0.4, 0.5) is 0 Å². The summed E-state index contributed by atoms with van der Waals surface area (Å²) in [4.78, 5) is 6.05. The summed E-state index contributed by atoms with van der Waals surface area (Å²) in [6.07, 6.45) is 1.14. The second kappa shape index (κ2) is 6.51. The van der Waals surface area contributed by atoms with Crippen molar-refractivity contribution >= 4 is 11.3 Å². The monoisotopic (exact) mass is 288 g/mol. The van der Waals surface area contributed by atoms with Crippen LogP contribution in [0.1, 0.15) is 42.9 Å². The molecule has 1 aromatic carbocycles. The average Bonchev–Trinajstić information content (AvgIpc) is 2.80. The van der Waals surface area contributed by atoms with Crippen molar-refractivity contribution in [2.45, 2.75) is 40.2 Å². The molecule has 0 aliphatic rings. The van der Waals surface area contributed by atoms with Gasteiger partial charge in [0.2, 0.25) is 0 Å². The van der Waals surface area contributed by atoms with Crippen LogP contribution < -0.4 is 5.32 Å². The predicted octanol–water partition coefficient (Wildman–Crippen LogP) is 4.60. The van der Waals surface area contributed by atoms with Crippen molar-refractivity contribution in [2.75, 3.05) is 7.05 Å². The van der Waals surface area contributed by atoms with Crippen molar-refractivity contribution < 1.29 is 0 Å². The Hall–Kier alpha value is -1.19. The molecule has 0 bridgehead atoms. The lowest BCUT2D eigenvalue weighted by molar-refractivity contribution is 0.647. The fourth-order valence-electron chi connectivity index (χ4n) is 2.32. The van der Waals surface area contributed by atoms with Crippen molar-refractivity contribution in [2.24, 2.45) is 5.92 Å². The molecular weight excluding hydrogens is 264 g/mol. The zero-order valence-corrected chi connectivity index (χ0v) is 13.8. The highest BCUT2D eigenvalue weighted by Crippen LogP contribution is 2.31.